The summed E-state index contributed by atoms with van der Waals surface area (Å²) in [6.45, 7) is 1.35. The van der Waals surface area contributed by atoms with E-state index in [0.717, 1.165) is 24.1 Å². The third-order valence-electron chi connectivity index (χ3n) is 4.67. The average molecular weight is 367 g/mol. The number of H-pyrrole nitrogens is 1. The molecule has 27 heavy (non-hydrogen) atoms. The van der Waals surface area contributed by atoms with Crippen LogP contribution in [-0.4, -0.2) is 39.4 Å². The molecule has 3 heterocycles. The van der Waals surface area contributed by atoms with Crippen LogP contribution >= 0.6 is 0 Å². The Labute approximate surface area is 156 Å². The highest BCUT2D eigenvalue weighted by Crippen LogP contribution is 2.43. The Morgan fingerprint density at radius 2 is 2.26 bits per heavy atom. The first kappa shape index (κ1) is 17.1. The summed E-state index contributed by atoms with van der Waals surface area (Å²) in [6.07, 6.45) is 8.39. The highest BCUT2D eigenvalue weighted by Gasteiger charge is 2.31. The van der Waals surface area contributed by atoms with Crippen LogP contribution < -0.4 is 14.8 Å². The summed E-state index contributed by atoms with van der Waals surface area (Å²) in [7, 11) is 1.62. The molecule has 1 atom stereocenters. The first-order chi connectivity index (χ1) is 13.3. The Hall–Kier alpha value is -3.29. The number of nitrogens with one attached hydrogen (secondary N) is 2. The van der Waals surface area contributed by atoms with Crippen molar-refractivity contribution in [3.8, 4) is 11.5 Å². The number of carbonyl (C=O) groups is 1. The van der Waals surface area contributed by atoms with Gasteiger partial charge >= 0.3 is 0 Å². The lowest BCUT2D eigenvalue weighted by Gasteiger charge is -2.25. The maximum atomic E-state index is 12.1. The third-order valence-corrected chi connectivity index (χ3v) is 4.67. The van der Waals surface area contributed by atoms with E-state index in [1.54, 1.807) is 25.8 Å². The van der Waals surface area contributed by atoms with Crippen LogP contribution in [-0.2, 0) is 11.3 Å². The number of carbonyl (C=O) groups excluding carboxylic acids is 1. The van der Waals surface area contributed by atoms with Crippen LogP contribution in [0.1, 0.15) is 29.9 Å². The van der Waals surface area contributed by atoms with Gasteiger partial charge in [-0.3, -0.25) is 9.89 Å². The molecule has 140 valence electrons. The lowest BCUT2D eigenvalue weighted by molar-refractivity contribution is -0.116. The van der Waals surface area contributed by atoms with Crippen LogP contribution in [0.3, 0.4) is 0 Å². The summed E-state index contributed by atoms with van der Waals surface area (Å²) in [4.78, 5) is 16.2. The second-order valence-corrected chi connectivity index (χ2v) is 6.39. The van der Waals surface area contributed by atoms with Crippen molar-refractivity contribution >= 4 is 11.7 Å². The standard InChI is InChI=1S/C19H21N5O3/c1-26-16-5-2-4-13(14-10-17(25)22-19-15(14)11-21-23-19)18(16)27-9-3-7-24-8-6-20-12-24/h2,4-6,8,11-12,14H,3,7,9-10H2,1H3,(H2,21,22,23,25). The second-order valence-electron chi connectivity index (χ2n) is 6.39. The number of hydrogen-bond donors (Lipinski definition) is 2. The Morgan fingerprint density at radius 3 is 3.07 bits per heavy atom. The number of aromatic amines is 1. The predicted molar refractivity (Wildman–Crippen MR) is 99.0 cm³/mol. The van der Waals surface area contributed by atoms with Gasteiger partial charge in [-0.15, -0.1) is 0 Å². The lowest BCUT2D eigenvalue weighted by Crippen LogP contribution is -2.23. The van der Waals surface area contributed by atoms with Gasteiger partial charge < -0.3 is 19.4 Å². The normalized spacial score (nSPS) is 15.9. The van der Waals surface area contributed by atoms with Gasteiger partial charge in [-0.25, -0.2) is 4.98 Å². The Kier molecular flexibility index (Phi) is 4.78. The van der Waals surface area contributed by atoms with E-state index < -0.39 is 0 Å². The van der Waals surface area contributed by atoms with Gasteiger partial charge in [0, 0.05) is 42.4 Å². The molecule has 3 aromatic rings. The molecular weight excluding hydrogens is 346 g/mol. The Bertz CT molecular complexity index is 919. The SMILES string of the molecule is COc1cccc(C2CC(=O)Nc3[nH]ncc32)c1OCCCn1ccnc1. The van der Waals surface area contributed by atoms with Crippen LogP contribution in [0.2, 0.25) is 0 Å². The number of benzene rings is 1. The number of fused-ring (bicyclic) bond motifs is 1. The van der Waals surface area contributed by atoms with Crippen LogP contribution in [0.25, 0.3) is 0 Å². The molecule has 1 aliphatic heterocycles. The quantitative estimate of drug-likeness (QED) is 0.626. The number of amides is 1. The monoisotopic (exact) mass is 367 g/mol. The summed E-state index contributed by atoms with van der Waals surface area (Å²) < 4.78 is 13.6. The molecule has 0 saturated carbocycles. The number of ether oxygens (including phenoxy) is 2. The number of nitrogens with zero attached hydrogens (tertiary/aromatic N) is 3. The number of methoxy groups -OCH3 is 1. The van der Waals surface area contributed by atoms with Crippen molar-refractivity contribution in [1.82, 2.24) is 19.7 Å². The maximum absolute atomic E-state index is 12.1. The van der Waals surface area contributed by atoms with E-state index in [1.165, 1.54) is 0 Å². The van der Waals surface area contributed by atoms with Crippen molar-refractivity contribution in [3.63, 3.8) is 0 Å². The number of aromatic nitrogens is 4. The molecule has 8 heteroatoms. The molecule has 1 aromatic carbocycles. The van der Waals surface area contributed by atoms with Crippen molar-refractivity contribution in [3.05, 3.63) is 54.2 Å². The van der Waals surface area contributed by atoms with Gasteiger partial charge in [-0.1, -0.05) is 12.1 Å². The van der Waals surface area contributed by atoms with Gasteiger partial charge in [0.25, 0.3) is 0 Å². The molecule has 1 aliphatic rings. The van der Waals surface area contributed by atoms with Crippen molar-refractivity contribution in [2.24, 2.45) is 0 Å². The van der Waals surface area contributed by atoms with Crippen LogP contribution in [0.5, 0.6) is 11.5 Å². The van der Waals surface area contributed by atoms with E-state index in [9.17, 15) is 4.79 Å². The van der Waals surface area contributed by atoms with E-state index in [4.69, 9.17) is 9.47 Å². The summed E-state index contributed by atoms with van der Waals surface area (Å²) in [5.41, 5.74) is 1.88. The minimum Gasteiger partial charge on any atom is -0.493 e. The van der Waals surface area contributed by atoms with E-state index >= 15 is 0 Å². The zero-order valence-electron chi connectivity index (χ0n) is 15.0. The van der Waals surface area contributed by atoms with Crippen LogP contribution in [0, 0.1) is 0 Å². The zero-order chi connectivity index (χ0) is 18.6. The molecule has 0 radical (unpaired) electrons. The summed E-state index contributed by atoms with van der Waals surface area (Å²) >= 11 is 0. The predicted octanol–water partition coefficient (Wildman–Crippen LogP) is 2.56. The molecule has 4 rings (SSSR count). The van der Waals surface area contributed by atoms with Crippen LogP contribution in [0.15, 0.2) is 43.1 Å². The van der Waals surface area contributed by atoms with E-state index in [-0.39, 0.29) is 11.8 Å². The first-order valence-electron chi connectivity index (χ1n) is 8.85. The molecular formula is C19H21N5O3. The number of hydrogen-bond acceptors (Lipinski definition) is 5. The highest BCUT2D eigenvalue weighted by molar-refractivity contribution is 5.94. The number of para-hydroxylation sites is 1. The summed E-state index contributed by atoms with van der Waals surface area (Å²) in [5, 5.41) is 9.73. The zero-order valence-corrected chi connectivity index (χ0v) is 15.0. The average Bonchev–Trinajstić information content (AvgIpc) is 3.36. The molecule has 0 saturated heterocycles. The van der Waals surface area contributed by atoms with Gasteiger partial charge in [0.15, 0.2) is 11.5 Å². The van der Waals surface area contributed by atoms with Crippen molar-refractivity contribution in [2.45, 2.75) is 25.3 Å². The van der Waals surface area contributed by atoms with E-state index in [1.807, 2.05) is 29.0 Å². The number of rotatable bonds is 7. The summed E-state index contributed by atoms with van der Waals surface area (Å²) in [5.74, 6) is 1.80. The fraction of sp³-hybridized carbons (Fsp3) is 0.316. The van der Waals surface area contributed by atoms with Crippen molar-refractivity contribution in [2.75, 3.05) is 19.0 Å². The van der Waals surface area contributed by atoms with Gasteiger partial charge in [-0.2, -0.15) is 5.10 Å². The molecule has 8 nitrogen and oxygen atoms in total. The number of aryl methyl sites for hydroxylation is 1. The van der Waals surface area contributed by atoms with Gasteiger partial charge in [-0.05, 0) is 12.5 Å². The largest absolute Gasteiger partial charge is 0.493 e. The minimum absolute atomic E-state index is 0.0503. The smallest absolute Gasteiger partial charge is 0.226 e. The fourth-order valence-corrected chi connectivity index (χ4v) is 3.39. The number of imidazole rings is 1. The number of anilines is 1. The topological polar surface area (TPSA) is 94.1 Å². The lowest BCUT2D eigenvalue weighted by atomic mass is 9.86. The van der Waals surface area contributed by atoms with Crippen molar-refractivity contribution in [1.29, 1.82) is 0 Å². The Balaban J connectivity index is 1.57. The molecule has 2 N–H and O–H groups in total. The minimum atomic E-state index is -0.133. The van der Waals surface area contributed by atoms with E-state index in [0.29, 0.717) is 30.3 Å². The second kappa shape index (κ2) is 7.53. The third kappa shape index (κ3) is 3.51. The molecule has 0 bridgehead atoms. The molecule has 2 aromatic heterocycles. The summed E-state index contributed by atoms with van der Waals surface area (Å²) in [6, 6.07) is 5.76. The van der Waals surface area contributed by atoms with Gasteiger partial charge in [0.05, 0.1) is 26.2 Å². The molecule has 1 amide bonds. The molecule has 1 unspecified atom stereocenters. The molecule has 0 fully saturated rings. The first-order valence-corrected chi connectivity index (χ1v) is 8.85. The fourth-order valence-electron chi connectivity index (χ4n) is 3.39. The highest BCUT2D eigenvalue weighted by atomic mass is 16.5. The molecule has 0 spiro atoms. The van der Waals surface area contributed by atoms with E-state index in [2.05, 4.69) is 20.5 Å². The molecule has 0 aliphatic carbocycles. The van der Waals surface area contributed by atoms with Gasteiger partial charge in [0.2, 0.25) is 5.91 Å². The Morgan fingerprint density at radius 1 is 1.33 bits per heavy atom. The maximum Gasteiger partial charge on any atom is 0.226 e. The van der Waals surface area contributed by atoms with Gasteiger partial charge in [0.1, 0.15) is 5.82 Å². The van der Waals surface area contributed by atoms with Crippen LogP contribution in [0.4, 0.5) is 5.82 Å². The van der Waals surface area contributed by atoms with Crippen molar-refractivity contribution < 1.29 is 14.3 Å².